The van der Waals surface area contributed by atoms with Crippen molar-refractivity contribution in [2.75, 3.05) is 13.4 Å². The number of nitrogen functional groups attached to an aromatic ring is 1. The van der Waals surface area contributed by atoms with Crippen molar-refractivity contribution in [3.05, 3.63) is 65.7 Å². The number of nitrogens with one attached hydrogen (secondary N) is 1. The van der Waals surface area contributed by atoms with E-state index < -0.39 is 16.1 Å². The SMILES string of the molecule is COc1cc(C(=N)N)ccc1OC(=O)C=Cc1ccccc1.CS(=O)(=O)O. The second kappa shape index (κ2) is 10.1. The molecule has 27 heavy (non-hydrogen) atoms. The quantitative estimate of drug-likeness (QED) is 0.177. The normalized spacial score (nSPS) is 10.6. The molecule has 2 aromatic rings. The van der Waals surface area contributed by atoms with Crippen LogP contribution in [0.4, 0.5) is 0 Å². The Hall–Kier alpha value is -3.17. The van der Waals surface area contributed by atoms with E-state index in [1.807, 2.05) is 30.3 Å². The minimum atomic E-state index is -3.67. The van der Waals surface area contributed by atoms with Crippen molar-refractivity contribution in [2.24, 2.45) is 5.73 Å². The molecule has 0 aliphatic rings. The van der Waals surface area contributed by atoms with Crippen LogP contribution in [0.1, 0.15) is 11.1 Å². The van der Waals surface area contributed by atoms with Gasteiger partial charge >= 0.3 is 5.97 Å². The first-order chi connectivity index (χ1) is 12.6. The van der Waals surface area contributed by atoms with E-state index in [-0.39, 0.29) is 11.6 Å². The Morgan fingerprint density at radius 3 is 2.26 bits per heavy atom. The fourth-order valence-corrected chi connectivity index (χ4v) is 1.79. The number of benzene rings is 2. The highest BCUT2D eigenvalue weighted by Gasteiger charge is 2.10. The minimum Gasteiger partial charge on any atom is -0.493 e. The van der Waals surface area contributed by atoms with Gasteiger partial charge in [-0.25, -0.2) is 4.79 Å². The lowest BCUT2D eigenvalue weighted by atomic mass is 10.2. The Morgan fingerprint density at radius 2 is 1.74 bits per heavy atom. The number of hydrogen-bond donors (Lipinski definition) is 3. The lowest BCUT2D eigenvalue weighted by Crippen LogP contribution is -2.11. The van der Waals surface area contributed by atoms with Crippen molar-refractivity contribution >= 4 is 28.0 Å². The van der Waals surface area contributed by atoms with Crippen LogP contribution < -0.4 is 15.2 Å². The molecule has 0 aromatic heterocycles. The van der Waals surface area contributed by atoms with E-state index in [2.05, 4.69) is 0 Å². The van der Waals surface area contributed by atoms with Crippen molar-refractivity contribution in [3.8, 4) is 11.5 Å². The van der Waals surface area contributed by atoms with Gasteiger partial charge in [0.2, 0.25) is 0 Å². The minimum absolute atomic E-state index is 0.0832. The van der Waals surface area contributed by atoms with Gasteiger partial charge in [-0.2, -0.15) is 8.42 Å². The molecular formula is C18H20N2O6S. The van der Waals surface area contributed by atoms with Crippen LogP contribution in [0.2, 0.25) is 0 Å². The van der Waals surface area contributed by atoms with Gasteiger partial charge in [-0.3, -0.25) is 9.96 Å². The van der Waals surface area contributed by atoms with E-state index in [1.165, 1.54) is 13.2 Å². The lowest BCUT2D eigenvalue weighted by Gasteiger charge is -2.09. The molecule has 2 rings (SSSR count). The molecule has 0 saturated heterocycles. The van der Waals surface area contributed by atoms with Gasteiger partial charge in [0.15, 0.2) is 11.5 Å². The summed E-state index contributed by atoms with van der Waals surface area (Å²) in [6.45, 7) is 0. The highest BCUT2D eigenvalue weighted by atomic mass is 32.2. The molecule has 0 spiro atoms. The molecule has 0 amide bonds. The third-order valence-electron chi connectivity index (χ3n) is 2.90. The highest BCUT2D eigenvalue weighted by molar-refractivity contribution is 7.85. The van der Waals surface area contributed by atoms with Crippen molar-refractivity contribution in [2.45, 2.75) is 0 Å². The average Bonchev–Trinajstić information content (AvgIpc) is 2.59. The molecule has 144 valence electrons. The average molecular weight is 392 g/mol. The molecule has 4 N–H and O–H groups in total. The summed E-state index contributed by atoms with van der Waals surface area (Å²) in [7, 11) is -2.21. The third-order valence-corrected chi connectivity index (χ3v) is 2.90. The van der Waals surface area contributed by atoms with Crippen molar-refractivity contribution < 1.29 is 27.2 Å². The summed E-state index contributed by atoms with van der Waals surface area (Å²) in [5, 5.41) is 7.38. The number of amidine groups is 1. The van der Waals surface area contributed by atoms with Crippen LogP contribution in [-0.4, -0.2) is 38.1 Å². The molecule has 0 unspecified atom stereocenters. The first-order valence-corrected chi connectivity index (χ1v) is 9.35. The predicted molar refractivity (Wildman–Crippen MR) is 103 cm³/mol. The molecule has 0 bridgehead atoms. The third kappa shape index (κ3) is 9.19. The fourth-order valence-electron chi connectivity index (χ4n) is 1.79. The summed E-state index contributed by atoms with van der Waals surface area (Å²) >= 11 is 0. The summed E-state index contributed by atoms with van der Waals surface area (Å²) in [4.78, 5) is 11.8. The maximum atomic E-state index is 11.8. The van der Waals surface area contributed by atoms with E-state index in [0.717, 1.165) is 5.56 Å². The maximum Gasteiger partial charge on any atom is 0.336 e. The Morgan fingerprint density at radius 1 is 1.15 bits per heavy atom. The van der Waals surface area contributed by atoms with Crippen LogP contribution in [0.25, 0.3) is 6.08 Å². The molecule has 2 aromatic carbocycles. The van der Waals surface area contributed by atoms with Gasteiger partial charge in [-0.1, -0.05) is 30.3 Å². The summed E-state index contributed by atoms with van der Waals surface area (Å²) in [6, 6.07) is 14.1. The van der Waals surface area contributed by atoms with Crippen LogP contribution in [0.5, 0.6) is 11.5 Å². The number of methoxy groups -OCH3 is 1. The second-order valence-corrected chi connectivity index (χ2v) is 6.64. The first-order valence-electron chi connectivity index (χ1n) is 7.50. The van der Waals surface area contributed by atoms with Gasteiger partial charge < -0.3 is 15.2 Å². The fraction of sp³-hybridized carbons (Fsp3) is 0.111. The summed E-state index contributed by atoms with van der Waals surface area (Å²) in [5.74, 6) is 0.0160. The zero-order chi connectivity index (χ0) is 20.4. The number of nitrogens with two attached hydrogens (primary N) is 1. The van der Waals surface area contributed by atoms with Crippen molar-refractivity contribution in [3.63, 3.8) is 0 Å². The lowest BCUT2D eigenvalue weighted by molar-refractivity contribution is -0.129. The Kier molecular flexibility index (Phi) is 8.18. The summed E-state index contributed by atoms with van der Waals surface area (Å²) in [6.07, 6.45) is 3.72. The molecule has 0 aliphatic heterocycles. The van der Waals surface area contributed by atoms with Gasteiger partial charge in [0.25, 0.3) is 10.1 Å². The van der Waals surface area contributed by atoms with Gasteiger partial charge in [0.1, 0.15) is 5.84 Å². The van der Waals surface area contributed by atoms with Gasteiger partial charge in [-0.05, 0) is 29.8 Å². The number of hydrogen-bond acceptors (Lipinski definition) is 6. The number of carbonyl (C=O) groups is 1. The molecule has 9 heteroatoms. The van der Waals surface area contributed by atoms with E-state index in [9.17, 15) is 13.2 Å². The molecule has 0 saturated carbocycles. The highest BCUT2D eigenvalue weighted by Crippen LogP contribution is 2.28. The first kappa shape index (κ1) is 21.9. The largest absolute Gasteiger partial charge is 0.493 e. The number of esters is 1. The molecule has 0 aliphatic carbocycles. The van der Waals surface area contributed by atoms with Gasteiger partial charge in [0.05, 0.1) is 13.4 Å². The van der Waals surface area contributed by atoms with Crippen LogP contribution in [0.15, 0.2) is 54.6 Å². The molecule has 0 atom stereocenters. The summed E-state index contributed by atoms with van der Waals surface area (Å²) < 4.78 is 36.2. The molecule has 8 nitrogen and oxygen atoms in total. The summed E-state index contributed by atoms with van der Waals surface area (Å²) in [5.41, 5.74) is 6.81. The van der Waals surface area contributed by atoms with Gasteiger partial charge in [-0.15, -0.1) is 0 Å². The predicted octanol–water partition coefficient (Wildman–Crippen LogP) is 2.10. The molecule has 0 heterocycles. The smallest absolute Gasteiger partial charge is 0.336 e. The zero-order valence-corrected chi connectivity index (χ0v) is 15.6. The maximum absolute atomic E-state index is 11.8. The molecular weight excluding hydrogens is 372 g/mol. The number of rotatable bonds is 5. The zero-order valence-electron chi connectivity index (χ0n) is 14.7. The van der Waals surface area contributed by atoms with Crippen LogP contribution in [0, 0.1) is 5.41 Å². The van der Waals surface area contributed by atoms with Crippen molar-refractivity contribution in [1.82, 2.24) is 0 Å². The van der Waals surface area contributed by atoms with Crippen LogP contribution in [-0.2, 0) is 14.9 Å². The number of carbonyl (C=O) groups excluding carboxylic acids is 1. The Bertz CT molecular complexity index is 916. The molecule has 0 fully saturated rings. The van der Waals surface area contributed by atoms with E-state index in [4.69, 9.17) is 25.2 Å². The van der Waals surface area contributed by atoms with E-state index >= 15 is 0 Å². The van der Waals surface area contributed by atoms with Crippen molar-refractivity contribution in [1.29, 1.82) is 5.41 Å². The topological polar surface area (TPSA) is 140 Å². The van der Waals surface area contributed by atoms with Gasteiger partial charge in [0, 0.05) is 11.6 Å². The number of ether oxygens (including phenoxy) is 2. The molecule has 0 radical (unpaired) electrons. The Labute approximate surface area is 157 Å². The second-order valence-electron chi connectivity index (χ2n) is 5.18. The van der Waals surface area contributed by atoms with Crippen LogP contribution in [0.3, 0.4) is 0 Å². The monoisotopic (exact) mass is 392 g/mol. The van der Waals surface area contributed by atoms with Crippen LogP contribution >= 0.6 is 0 Å². The van der Waals surface area contributed by atoms with E-state index in [1.54, 1.807) is 24.3 Å². The standard InChI is InChI=1S/C17H16N2O3.CH4O3S/c1-21-15-11-13(17(18)19)8-9-14(15)22-16(20)10-7-12-5-3-2-4-6-12;1-5(2,3)4/h2-11H,1H3,(H3,18,19);1H3,(H,2,3,4). The van der Waals surface area contributed by atoms with E-state index in [0.29, 0.717) is 17.6 Å². The Balaban J connectivity index is 0.000000646.